The first-order valence-corrected chi connectivity index (χ1v) is 7.19. The van der Waals surface area contributed by atoms with Gasteiger partial charge in [0.1, 0.15) is 5.69 Å². The lowest BCUT2D eigenvalue weighted by molar-refractivity contribution is -0.129. The van der Waals surface area contributed by atoms with Crippen LogP contribution in [0, 0.1) is 0 Å². The molecular weight excluding hydrogens is 356 g/mol. The van der Waals surface area contributed by atoms with E-state index in [1.54, 1.807) is 18.2 Å². The first kappa shape index (κ1) is 14.0. The molecule has 1 aromatic heterocycles. The van der Waals surface area contributed by atoms with E-state index in [-0.39, 0.29) is 11.6 Å². The van der Waals surface area contributed by atoms with Crippen LogP contribution in [0.4, 0.5) is 0 Å². The van der Waals surface area contributed by atoms with Gasteiger partial charge in [0.2, 0.25) is 5.90 Å². The summed E-state index contributed by atoms with van der Waals surface area (Å²) in [5.74, 6) is -0.358. The lowest BCUT2D eigenvalue weighted by Gasteiger charge is -1.98. The van der Waals surface area contributed by atoms with Crippen molar-refractivity contribution >= 4 is 45.5 Å². The Morgan fingerprint density at radius 1 is 1.24 bits per heavy atom. The molecule has 0 saturated carbocycles. The summed E-state index contributed by atoms with van der Waals surface area (Å²) in [6.45, 7) is 0. The number of pyridine rings is 1. The van der Waals surface area contributed by atoms with Crippen molar-refractivity contribution in [2.45, 2.75) is 0 Å². The van der Waals surface area contributed by atoms with Crippen LogP contribution < -0.4 is 0 Å². The third-order valence-electron chi connectivity index (χ3n) is 2.76. The maximum atomic E-state index is 11.9. The van der Waals surface area contributed by atoms with Crippen LogP contribution in [0.3, 0.4) is 0 Å². The number of carbonyl (C=O) groups excluding carboxylic acids is 1. The number of ether oxygens (including phenoxy) is 1. The van der Waals surface area contributed by atoms with Gasteiger partial charge < -0.3 is 4.74 Å². The number of esters is 1. The van der Waals surface area contributed by atoms with Crippen LogP contribution in [0.1, 0.15) is 11.3 Å². The van der Waals surface area contributed by atoms with Crippen LogP contribution >= 0.6 is 27.5 Å². The summed E-state index contributed by atoms with van der Waals surface area (Å²) in [4.78, 5) is 20.1. The number of rotatable bonds is 2. The highest BCUT2D eigenvalue weighted by molar-refractivity contribution is 9.10. The summed E-state index contributed by atoms with van der Waals surface area (Å²) in [6.07, 6.45) is 3.19. The molecule has 2 aromatic rings. The van der Waals surface area contributed by atoms with Gasteiger partial charge in [-0.15, -0.1) is 0 Å². The molecule has 0 amide bonds. The molecule has 0 atom stereocenters. The largest absolute Gasteiger partial charge is 0.400 e. The number of cyclic esters (lactones) is 1. The minimum absolute atomic E-state index is 0.154. The number of benzene rings is 1. The number of hydrogen-bond acceptors (Lipinski definition) is 4. The number of carbonyl (C=O) groups is 1. The van der Waals surface area contributed by atoms with Crippen molar-refractivity contribution in [1.29, 1.82) is 0 Å². The van der Waals surface area contributed by atoms with Crippen LogP contribution in [0.5, 0.6) is 0 Å². The van der Waals surface area contributed by atoms with E-state index in [4.69, 9.17) is 16.3 Å². The van der Waals surface area contributed by atoms with E-state index in [0.29, 0.717) is 10.7 Å². The Hall–Kier alpha value is -1.98. The maximum Gasteiger partial charge on any atom is 0.363 e. The number of hydrogen-bond donors (Lipinski definition) is 0. The third kappa shape index (κ3) is 3.04. The number of aliphatic imine (C=N–C) groups is 1. The molecule has 1 aliphatic heterocycles. The fourth-order valence-electron chi connectivity index (χ4n) is 1.78. The normalized spacial score (nSPS) is 16.0. The predicted octanol–water partition coefficient (Wildman–Crippen LogP) is 3.84. The van der Waals surface area contributed by atoms with E-state index in [9.17, 15) is 4.79 Å². The van der Waals surface area contributed by atoms with Crippen molar-refractivity contribution in [3.8, 4) is 0 Å². The fraction of sp³-hybridized carbons (Fsp3) is 0. The van der Waals surface area contributed by atoms with Gasteiger partial charge in [-0.1, -0.05) is 45.7 Å². The molecule has 2 heterocycles. The van der Waals surface area contributed by atoms with E-state index >= 15 is 0 Å². The van der Waals surface area contributed by atoms with Crippen LogP contribution in [0.2, 0.25) is 5.02 Å². The molecule has 1 aromatic carbocycles. The van der Waals surface area contributed by atoms with Crippen molar-refractivity contribution in [2.75, 3.05) is 0 Å². The van der Waals surface area contributed by atoms with Crippen LogP contribution in [-0.2, 0) is 9.53 Å². The highest BCUT2D eigenvalue weighted by Crippen LogP contribution is 2.23. The van der Waals surface area contributed by atoms with Crippen LogP contribution in [0.15, 0.2) is 57.8 Å². The molecule has 6 heteroatoms. The highest BCUT2D eigenvalue weighted by Gasteiger charge is 2.25. The van der Waals surface area contributed by atoms with E-state index in [2.05, 4.69) is 25.9 Å². The standard InChI is InChI=1S/C15H8BrClN2O2/c16-11-4-2-1-3-9(11)7-13-15(20)21-14(19-13)12-8-10(17)5-6-18-12/h1-8H/b13-7-. The highest BCUT2D eigenvalue weighted by atomic mass is 79.9. The zero-order valence-corrected chi connectivity index (χ0v) is 12.9. The van der Waals surface area contributed by atoms with Crippen molar-refractivity contribution in [3.05, 3.63) is 69.0 Å². The summed E-state index contributed by atoms with van der Waals surface area (Å²) >= 11 is 9.31. The Kier molecular flexibility index (Phi) is 3.86. The maximum absolute atomic E-state index is 11.9. The van der Waals surface area contributed by atoms with Crippen LogP contribution in [0.25, 0.3) is 6.08 Å². The van der Waals surface area contributed by atoms with E-state index in [1.807, 2.05) is 24.3 Å². The Morgan fingerprint density at radius 3 is 2.81 bits per heavy atom. The monoisotopic (exact) mass is 362 g/mol. The molecular formula is C15H8BrClN2O2. The molecule has 0 bridgehead atoms. The Bertz CT molecular complexity index is 787. The van der Waals surface area contributed by atoms with Gasteiger partial charge in [0.25, 0.3) is 0 Å². The van der Waals surface area contributed by atoms with Gasteiger partial charge in [-0.25, -0.2) is 9.79 Å². The van der Waals surface area contributed by atoms with E-state index < -0.39 is 5.97 Å². The van der Waals surface area contributed by atoms with E-state index in [0.717, 1.165) is 10.0 Å². The smallest absolute Gasteiger partial charge is 0.363 e. The average molecular weight is 364 g/mol. The Labute approximate surface area is 134 Å². The van der Waals surface area contributed by atoms with Gasteiger partial charge >= 0.3 is 5.97 Å². The summed E-state index contributed by atoms with van der Waals surface area (Å²) in [6, 6.07) is 10.8. The molecule has 0 spiro atoms. The van der Waals surface area contributed by atoms with Crippen molar-refractivity contribution < 1.29 is 9.53 Å². The fourth-order valence-corrected chi connectivity index (χ4v) is 2.34. The summed E-state index contributed by atoms with van der Waals surface area (Å²) in [7, 11) is 0. The Balaban J connectivity index is 1.98. The molecule has 104 valence electrons. The van der Waals surface area contributed by atoms with Gasteiger partial charge in [-0.3, -0.25) is 4.98 Å². The quantitative estimate of drug-likeness (QED) is 0.602. The van der Waals surface area contributed by atoms with Gasteiger partial charge in [0.05, 0.1) is 0 Å². The topological polar surface area (TPSA) is 51.5 Å². The predicted molar refractivity (Wildman–Crippen MR) is 84.0 cm³/mol. The SMILES string of the molecule is O=C1OC(c2cc(Cl)ccn2)=N/C1=C\c1ccccc1Br. The molecule has 21 heavy (non-hydrogen) atoms. The molecule has 0 N–H and O–H groups in total. The lowest BCUT2D eigenvalue weighted by atomic mass is 10.2. The molecule has 0 radical (unpaired) electrons. The van der Waals surface area contributed by atoms with Crippen molar-refractivity contribution in [3.63, 3.8) is 0 Å². The lowest BCUT2D eigenvalue weighted by Crippen LogP contribution is -2.07. The van der Waals surface area contributed by atoms with Gasteiger partial charge in [0.15, 0.2) is 5.70 Å². The van der Waals surface area contributed by atoms with E-state index in [1.165, 1.54) is 6.20 Å². The van der Waals surface area contributed by atoms with Crippen molar-refractivity contribution in [2.24, 2.45) is 4.99 Å². The molecule has 0 fully saturated rings. The second-order valence-electron chi connectivity index (χ2n) is 4.22. The number of nitrogens with zero attached hydrogens (tertiary/aromatic N) is 2. The molecule has 3 rings (SSSR count). The second kappa shape index (κ2) is 5.79. The first-order valence-electron chi connectivity index (χ1n) is 6.02. The summed E-state index contributed by atoms with van der Waals surface area (Å²) in [5, 5.41) is 0.502. The Morgan fingerprint density at radius 2 is 2.05 bits per heavy atom. The van der Waals surface area contributed by atoms with Gasteiger partial charge in [-0.05, 0) is 29.8 Å². The summed E-state index contributed by atoms with van der Waals surface area (Å²) < 4.78 is 6.00. The van der Waals surface area contributed by atoms with Gasteiger partial charge in [-0.2, -0.15) is 0 Å². The average Bonchev–Trinajstić information content (AvgIpc) is 2.83. The van der Waals surface area contributed by atoms with Crippen LogP contribution in [-0.4, -0.2) is 16.9 Å². The molecule has 0 unspecified atom stereocenters. The zero-order chi connectivity index (χ0) is 14.8. The van der Waals surface area contributed by atoms with Crippen molar-refractivity contribution in [1.82, 2.24) is 4.98 Å². The molecule has 0 saturated heterocycles. The third-order valence-corrected chi connectivity index (χ3v) is 3.72. The number of aromatic nitrogens is 1. The molecule has 1 aliphatic rings. The minimum Gasteiger partial charge on any atom is -0.400 e. The first-order chi connectivity index (χ1) is 10.1. The number of halogens is 2. The minimum atomic E-state index is -0.512. The zero-order valence-electron chi connectivity index (χ0n) is 10.6. The second-order valence-corrected chi connectivity index (χ2v) is 5.51. The molecule has 4 nitrogen and oxygen atoms in total. The summed E-state index contributed by atoms with van der Waals surface area (Å²) in [5.41, 5.74) is 1.48. The molecule has 0 aliphatic carbocycles. The van der Waals surface area contributed by atoms with Gasteiger partial charge in [0, 0.05) is 15.7 Å².